The van der Waals surface area contributed by atoms with Crippen molar-refractivity contribution >= 4 is 11.8 Å². The normalized spacial score (nSPS) is 52.3. The quantitative estimate of drug-likeness (QED) is 0.0568. The summed E-state index contributed by atoms with van der Waals surface area (Å²) in [5, 5.41) is 132. The largest absolute Gasteiger partial charge is 0.458 e. The van der Waals surface area contributed by atoms with Crippen LogP contribution in [0.1, 0.15) is 106 Å². The summed E-state index contributed by atoms with van der Waals surface area (Å²) in [5.41, 5.74) is -1.31. The Morgan fingerprint density at radius 2 is 1.22 bits per heavy atom. The minimum atomic E-state index is -2.00. The molecule has 0 aromatic rings. The zero-order chi connectivity index (χ0) is 61.8. The molecule has 1 spiro atoms. The van der Waals surface area contributed by atoms with Gasteiger partial charge in [-0.05, 0) is 94.8 Å². The van der Waals surface area contributed by atoms with Gasteiger partial charge in [0.1, 0.15) is 115 Å². The highest BCUT2D eigenvalue weighted by molar-refractivity contribution is 5.99. The van der Waals surface area contributed by atoms with Gasteiger partial charge in [-0.15, -0.1) is 6.58 Å². The number of Topliss-reactive ketones (excluding diaryl/α,β-unsaturated/α-hetero) is 1. The van der Waals surface area contributed by atoms with Crippen LogP contribution in [0.15, 0.2) is 23.8 Å². The Morgan fingerprint density at radius 3 is 1.86 bits per heavy atom. The lowest BCUT2D eigenvalue weighted by Crippen LogP contribution is -2.68. The molecule has 0 radical (unpaired) electrons. The summed E-state index contributed by atoms with van der Waals surface area (Å²) in [5.74, 6) is -0.695. The molecule has 484 valence electrons. The third-order valence-electron chi connectivity index (χ3n) is 21.6. The van der Waals surface area contributed by atoms with E-state index >= 15 is 0 Å². The van der Waals surface area contributed by atoms with Crippen molar-refractivity contribution in [1.29, 1.82) is 0 Å². The minimum Gasteiger partial charge on any atom is -0.458 e. The molecule has 12 N–H and O–H groups in total. The zero-order valence-electron chi connectivity index (χ0n) is 49.6. The number of hydrogen-bond donors (Lipinski definition) is 12. The molecule has 26 nitrogen and oxygen atoms in total. The van der Waals surface area contributed by atoms with Gasteiger partial charge in [0.05, 0.1) is 50.0 Å². The summed E-state index contributed by atoms with van der Waals surface area (Å²) in [6, 6.07) is 0. The Labute approximate surface area is 494 Å². The smallest absolute Gasteiger partial charge is 0.314 e. The summed E-state index contributed by atoms with van der Waals surface area (Å²) in [6.07, 6.45) is -31.2. The number of cyclic esters (lactones) is 1. The van der Waals surface area contributed by atoms with Gasteiger partial charge in [0, 0.05) is 18.9 Å². The number of rotatable bonds is 17. The van der Waals surface area contributed by atoms with E-state index < -0.39 is 195 Å². The van der Waals surface area contributed by atoms with E-state index in [0.29, 0.717) is 38.5 Å². The van der Waals surface area contributed by atoms with E-state index in [1.165, 1.54) is 14.0 Å². The Hall–Kier alpha value is -2.30. The van der Waals surface area contributed by atoms with Crippen molar-refractivity contribution in [3.8, 4) is 0 Å². The van der Waals surface area contributed by atoms with Gasteiger partial charge in [-0.3, -0.25) is 9.59 Å². The average molecular weight is 1220 g/mol. The van der Waals surface area contributed by atoms with Crippen molar-refractivity contribution in [3.05, 3.63) is 23.8 Å². The molecule has 0 amide bonds. The lowest BCUT2D eigenvalue weighted by Gasteiger charge is -2.63. The van der Waals surface area contributed by atoms with Gasteiger partial charge >= 0.3 is 5.97 Å². The summed E-state index contributed by atoms with van der Waals surface area (Å²) in [4.78, 5) is 28.8. The number of carbonyl (C=O) groups is 2. The van der Waals surface area contributed by atoms with Crippen molar-refractivity contribution < 1.29 is 128 Å². The number of ether oxygens (including phenoxy) is 12. The number of ketones is 1. The second-order valence-corrected chi connectivity index (χ2v) is 27.1. The lowest BCUT2D eigenvalue weighted by atomic mass is 9.41. The first-order chi connectivity index (χ1) is 40.0. The van der Waals surface area contributed by atoms with Crippen LogP contribution in [-0.4, -0.2) is 260 Å². The van der Waals surface area contributed by atoms with Crippen LogP contribution in [-0.2, 0) is 66.4 Å². The zero-order valence-corrected chi connectivity index (χ0v) is 49.6. The Bertz CT molecular complexity index is 2430. The van der Waals surface area contributed by atoms with Crippen LogP contribution in [0.25, 0.3) is 0 Å². The fraction of sp³-hybridized carbons (Fsp3) is 0.898. The van der Waals surface area contributed by atoms with E-state index in [1.54, 1.807) is 0 Å². The summed E-state index contributed by atoms with van der Waals surface area (Å²) in [7, 11) is 1.19. The first kappa shape index (κ1) is 65.6. The Kier molecular flexibility index (Phi) is 19.1. The van der Waals surface area contributed by atoms with Crippen LogP contribution in [0.4, 0.5) is 0 Å². The molecule has 26 heteroatoms. The molecule has 0 bridgehead atoms. The molecule has 0 aromatic carbocycles. The van der Waals surface area contributed by atoms with Crippen molar-refractivity contribution in [3.63, 3.8) is 0 Å². The second kappa shape index (κ2) is 24.7. The van der Waals surface area contributed by atoms with Gasteiger partial charge in [0.25, 0.3) is 0 Å². The standard InChI is InChI=1S/C59H92O26/c1-24(2)11-10-16-58(8)48-28(62)19-57(7)27-12-13-33-55(4,5)34(15-17-56(33,6)26(27)14-18-59(48,57)54(73)85-58)80-52-46(36(66)30(64)23-76-52)84-53-47(83-49-39(69)35(65)29(63)22-75-49)40(70)43(25(3)77-53)81-51-42(72)45(38(68)32(21-61)79-51)82-50-41(71)44(74-9)37(67)31(20-60)78-50/h12,25-26,29-53,60-61,63-72H,1,10-11,13-23H2,2-9H3/t25-,26-,29-,30-,31-,32-,33+,34+,35+,36+,37-,38-,39-,40+,41-,42-,43-,44+,45+,46-,47-,48-,49+,50+,51+,52+,53+,56-,57+,58+,59-/m1/s1. The molecular weight excluding hydrogens is 1120 g/mol. The number of allylic oxidation sites excluding steroid dienone is 3. The molecular formula is C59H92O26. The van der Waals surface area contributed by atoms with Crippen LogP contribution in [0.3, 0.4) is 0 Å². The number of hydrogen-bond acceptors (Lipinski definition) is 26. The molecule has 0 aromatic heterocycles. The summed E-state index contributed by atoms with van der Waals surface area (Å²) >= 11 is 0. The molecule has 6 aliphatic heterocycles. The third kappa shape index (κ3) is 11.1. The molecule has 6 saturated heterocycles. The summed E-state index contributed by atoms with van der Waals surface area (Å²) in [6.45, 7) is 15.5. The van der Waals surface area contributed by atoms with Crippen molar-refractivity contribution in [2.45, 2.75) is 259 Å². The van der Waals surface area contributed by atoms with E-state index in [2.05, 4.69) is 40.3 Å². The number of esters is 1. The van der Waals surface area contributed by atoms with Gasteiger partial charge in [-0.1, -0.05) is 44.9 Å². The van der Waals surface area contributed by atoms with Gasteiger partial charge in [0.2, 0.25) is 0 Å². The molecule has 85 heavy (non-hydrogen) atoms. The molecule has 31 atom stereocenters. The van der Waals surface area contributed by atoms with Crippen molar-refractivity contribution in [2.75, 3.05) is 33.5 Å². The fourth-order valence-corrected chi connectivity index (χ4v) is 17.0. The van der Waals surface area contributed by atoms with Crippen molar-refractivity contribution in [2.24, 2.45) is 39.4 Å². The monoisotopic (exact) mass is 1220 g/mol. The molecule has 9 fully saturated rings. The fourth-order valence-electron chi connectivity index (χ4n) is 17.0. The number of methoxy groups -OCH3 is 1. The topological polar surface area (TPSA) is 388 Å². The van der Waals surface area contributed by atoms with Gasteiger partial charge in [-0.25, -0.2) is 0 Å². The lowest BCUT2D eigenvalue weighted by molar-refractivity contribution is -0.403. The maximum Gasteiger partial charge on any atom is 0.314 e. The first-order valence-corrected chi connectivity index (χ1v) is 30.2. The van der Waals surface area contributed by atoms with Crippen LogP contribution in [0.5, 0.6) is 0 Å². The third-order valence-corrected chi connectivity index (χ3v) is 21.6. The van der Waals surface area contributed by atoms with Crippen LogP contribution < -0.4 is 0 Å². The molecule has 0 unspecified atom stereocenters. The molecule has 10 aliphatic rings. The maximum atomic E-state index is 14.4. The van der Waals surface area contributed by atoms with E-state index in [9.17, 15) is 70.9 Å². The van der Waals surface area contributed by atoms with Crippen LogP contribution in [0, 0.1) is 39.4 Å². The van der Waals surface area contributed by atoms with Crippen molar-refractivity contribution in [1.82, 2.24) is 0 Å². The minimum absolute atomic E-state index is 0.00918. The SMILES string of the molecule is C=C(C)CCC[C@]1(C)OC(=O)[C@]23CC[C@@H]4C(=CC[C@H]5C(C)(C)[C@@H](O[C@@H]6OC[C@@H](O)[C@H](O)[C@H]6O[C@@H]6O[C@H](C)[C@@H](O[C@@H]7O[C@H](CO)[C@@H](O)[C@H](O[C@@H]8O[C@H](CO)[C@@H](O)[C@H](OC)[C@H]8O)[C@H]7O)[C@H](O)[C@H]6O[C@@H]6OC[C@@H](O)[C@H](O)[C@H]6O)CC[C@]45C)[C@]2(C)CC(=O)[C@@H]31. The Balaban J connectivity index is 0.877. The van der Waals surface area contributed by atoms with Crippen LogP contribution in [0.2, 0.25) is 0 Å². The van der Waals surface area contributed by atoms with E-state index in [4.69, 9.17) is 56.8 Å². The Morgan fingerprint density at radius 1 is 0.647 bits per heavy atom. The van der Waals surface area contributed by atoms with E-state index in [1.807, 2.05) is 13.8 Å². The predicted molar refractivity (Wildman–Crippen MR) is 287 cm³/mol. The van der Waals surface area contributed by atoms with Gasteiger partial charge in [-0.2, -0.15) is 0 Å². The highest BCUT2D eigenvalue weighted by Crippen LogP contribution is 2.75. The first-order valence-electron chi connectivity index (χ1n) is 30.2. The van der Waals surface area contributed by atoms with E-state index in [-0.39, 0.29) is 42.0 Å². The highest BCUT2D eigenvalue weighted by atomic mass is 16.8. The van der Waals surface area contributed by atoms with Crippen LogP contribution >= 0.6 is 0 Å². The highest BCUT2D eigenvalue weighted by Gasteiger charge is 2.79. The maximum absolute atomic E-state index is 14.4. The van der Waals surface area contributed by atoms with E-state index in [0.717, 1.165) is 24.0 Å². The number of fused-ring (bicyclic) bond motifs is 4. The predicted octanol–water partition coefficient (Wildman–Crippen LogP) is -1.75. The summed E-state index contributed by atoms with van der Waals surface area (Å²) < 4.78 is 72.7. The number of carbonyl (C=O) groups excluding carboxylic acids is 2. The van der Waals surface area contributed by atoms with Gasteiger partial charge in [0.15, 0.2) is 31.5 Å². The molecule has 3 saturated carbocycles. The average Bonchev–Trinajstić information content (AvgIpc) is 1.54. The second-order valence-electron chi connectivity index (χ2n) is 27.1. The number of aliphatic hydroxyl groups is 12. The molecule has 10 rings (SSSR count). The number of aliphatic hydroxyl groups excluding tert-OH is 12. The molecule has 6 heterocycles. The van der Waals surface area contributed by atoms with Gasteiger partial charge < -0.3 is 118 Å². The molecule has 4 aliphatic carbocycles.